The van der Waals surface area contributed by atoms with E-state index in [0.717, 1.165) is 70.3 Å². The summed E-state index contributed by atoms with van der Waals surface area (Å²) >= 11 is 0. The summed E-state index contributed by atoms with van der Waals surface area (Å²) in [5.74, 6) is 1.04. The van der Waals surface area contributed by atoms with Gasteiger partial charge in [0.1, 0.15) is 0 Å². The number of piperidine rings is 1. The molecule has 0 radical (unpaired) electrons. The molecule has 7 nitrogen and oxygen atoms in total. The molecule has 1 amide bonds. The number of carbonyl (C=O) groups excluding carboxylic acids is 1. The smallest absolute Gasteiger partial charge is 0.227 e. The molecule has 1 N–H and O–H groups in total. The van der Waals surface area contributed by atoms with Gasteiger partial charge in [-0.25, -0.2) is 0 Å². The first kappa shape index (κ1) is 18.8. The summed E-state index contributed by atoms with van der Waals surface area (Å²) in [4.78, 5) is 17.2. The van der Waals surface area contributed by atoms with Crippen molar-refractivity contribution in [1.29, 1.82) is 0 Å². The van der Waals surface area contributed by atoms with Crippen LogP contribution in [0, 0.1) is 5.92 Å². The molecular formula is C21H27N5O2. The number of amides is 1. The van der Waals surface area contributed by atoms with Gasteiger partial charge in [0.15, 0.2) is 5.82 Å². The van der Waals surface area contributed by atoms with Crippen LogP contribution in [0.15, 0.2) is 42.6 Å². The van der Waals surface area contributed by atoms with Gasteiger partial charge in [-0.15, -0.1) is 5.10 Å². The molecule has 0 bridgehead atoms. The van der Waals surface area contributed by atoms with E-state index in [0.29, 0.717) is 0 Å². The fraction of sp³-hybridized carbons (Fsp3) is 0.476. The minimum Gasteiger partial charge on any atom is -0.379 e. The zero-order valence-corrected chi connectivity index (χ0v) is 16.1. The van der Waals surface area contributed by atoms with Crippen molar-refractivity contribution in [2.75, 3.05) is 49.6 Å². The van der Waals surface area contributed by atoms with Gasteiger partial charge in [0.2, 0.25) is 5.91 Å². The summed E-state index contributed by atoms with van der Waals surface area (Å²) in [5.41, 5.74) is 2.13. The van der Waals surface area contributed by atoms with Gasteiger partial charge >= 0.3 is 0 Å². The van der Waals surface area contributed by atoms with Crippen LogP contribution in [0.25, 0.3) is 0 Å². The molecular weight excluding hydrogens is 354 g/mol. The van der Waals surface area contributed by atoms with Crippen LogP contribution >= 0.6 is 0 Å². The Morgan fingerprint density at radius 3 is 2.50 bits per heavy atom. The van der Waals surface area contributed by atoms with E-state index in [-0.39, 0.29) is 11.8 Å². The second kappa shape index (κ2) is 9.12. The minimum absolute atomic E-state index is 0.0425. The van der Waals surface area contributed by atoms with E-state index >= 15 is 0 Å². The van der Waals surface area contributed by atoms with E-state index in [1.54, 1.807) is 6.20 Å². The monoisotopic (exact) mass is 381 g/mol. The van der Waals surface area contributed by atoms with E-state index < -0.39 is 0 Å². The molecule has 7 heteroatoms. The number of morpholine rings is 1. The molecule has 0 unspecified atom stereocenters. The molecule has 0 aliphatic carbocycles. The zero-order valence-electron chi connectivity index (χ0n) is 16.1. The van der Waals surface area contributed by atoms with Gasteiger partial charge in [-0.1, -0.05) is 12.1 Å². The highest BCUT2D eigenvalue weighted by atomic mass is 16.5. The van der Waals surface area contributed by atoms with Crippen LogP contribution in [0.2, 0.25) is 0 Å². The lowest BCUT2D eigenvalue weighted by atomic mass is 9.95. The van der Waals surface area contributed by atoms with Crippen LogP contribution in [0.5, 0.6) is 0 Å². The van der Waals surface area contributed by atoms with Crippen LogP contribution in [0.4, 0.5) is 11.5 Å². The summed E-state index contributed by atoms with van der Waals surface area (Å²) in [6.45, 7) is 6.16. The molecule has 2 aliphatic heterocycles. The quantitative estimate of drug-likeness (QED) is 0.856. The van der Waals surface area contributed by atoms with Crippen molar-refractivity contribution in [2.24, 2.45) is 5.92 Å². The molecule has 148 valence electrons. The normalized spacial score (nSPS) is 18.8. The maximum Gasteiger partial charge on any atom is 0.227 e. The number of hydrogen-bond donors (Lipinski definition) is 1. The topological polar surface area (TPSA) is 70.6 Å². The number of anilines is 2. The molecule has 2 aliphatic rings. The fourth-order valence-electron chi connectivity index (χ4n) is 3.79. The van der Waals surface area contributed by atoms with E-state index in [4.69, 9.17) is 4.74 Å². The van der Waals surface area contributed by atoms with E-state index in [2.05, 4.69) is 37.4 Å². The average molecular weight is 381 g/mol. The number of rotatable bonds is 5. The number of nitrogens with one attached hydrogen (secondary N) is 1. The molecule has 0 saturated carbocycles. The molecule has 1 aromatic heterocycles. The SMILES string of the molecule is O=C(Nc1ccc(CN2CCOCC2)cc1)C1CCN(c2cccnn2)CC1. The third-order valence-corrected chi connectivity index (χ3v) is 5.48. The van der Waals surface area contributed by atoms with Crippen LogP contribution in [0.1, 0.15) is 18.4 Å². The Kier molecular flexibility index (Phi) is 6.14. The second-order valence-electron chi connectivity index (χ2n) is 7.42. The van der Waals surface area contributed by atoms with Crippen molar-refractivity contribution in [3.63, 3.8) is 0 Å². The van der Waals surface area contributed by atoms with Gasteiger partial charge in [-0.2, -0.15) is 5.10 Å². The van der Waals surface area contributed by atoms with E-state index in [1.165, 1.54) is 5.56 Å². The summed E-state index contributed by atoms with van der Waals surface area (Å²) in [7, 11) is 0. The molecule has 3 heterocycles. The van der Waals surface area contributed by atoms with Gasteiger partial charge in [-0.3, -0.25) is 9.69 Å². The van der Waals surface area contributed by atoms with Crippen molar-refractivity contribution >= 4 is 17.4 Å². The third kappa shape index (κ3) is 4.85. The van der Waals surface area contributed by atoms with Gasteiger partial charge < -0.3 is 15.0 Å². The van der Waals surface area contributed by atoms with Gasteiger partial charge in [-0.05, 0) is 42.7 Å². The Hall–Kier alpha value is -2.51. The van der Waals surface area contributed by atoms with E-state index in [1.807, 2.05) is 24.3 Å². The van der Waals surface area contributed by atoms with Crippen LogP contribution in [-0.4, -0.2) is 60.4 Å². The standard InChI is InChI=1S/C21H27N5O2/c27-21(18-7-10-26(11-8-18)20-2-1-9-22-24-20)23-19-5-3-17(4-6-19)16-25-12-14-28-15-13-25/h1-6,9,18H,7-8,10-16H2,(H,23,27). The Morgan fingerprint density at radius 2 is 1.82 bits per heavy atom. The molecule has 0 spiro atoms. The lowest BCUT2D eigenvalue weighted by molar-refractivity contribution is -0.120. The second-order valence-corrected chi connectivity index (χ2v) is 7.42. The Morgan fingerprint density at radius 1 is 1.07 bits per heavy atom. The number of hydrogen-bond acceptors (Lipinski definition) is 6. The molecule has 0 atom stereocenters. The Balaban J connectivity index is 1.26. The maximum atomic E-state index is 12.6. The average Bonchev–Trinajstić information content (AvgIpc) is 2.76. The summed E-state index contributed by atoms with van der Waals surface area (Å²) < 4.78 is 5.39. The number of carbonyl (C=O) groups is 1. The zero-order chi connectivity index (χ0) is 19.2. The first-order valence-corrected chi connectivity index (χ1v) is 10.0. The molecule has 28 heavy (non-hydrogen) atoms. The molecule has 2 aromatic rings. The highest BCUT2D eigenvalue weighted by molar-refractivity contribution is 5.92. The van der Waals surface area contributed by atoms with Crippen LogP contribution < -0.4 is 10.2 Å². The summed E-state index contributed by atoms with van der Waals surface area (Å²) in [6.07, 6.45) is 3.34. The lowest BCUT2D eigenvalue weighted by Gasteiger charge is -2.31. The van der Waals surface area contributed by atoms with Crippen LogP contribution in [-0.2, 0) is 16.1 Å². The summed E-state index contributed by atoms with van der Waals surface area (Å²) in [5, 5.41) is 11.2. The first-order chi connectivity index (χ1) is 13.8. The van der Waals surface area contributed by atoms with Crippen LogP contribution in [0.3, 0.4) is 0 Å². The van der Waals surface area contributed by atoms with Crippen molar-refractivity contribution in [1.82, 2.24) is 15.1 Å². The Bertz CT molecular complexity index is 754. The van der Waals surface area contributed by atoms with Gasteiger partial charge in [0, 0.05) is 50.5 Å². The predicted octanol–water partition coefficient (Wildman–Crippen LogP) is 2.16. The predicted molar refractivity (Wildman–Crippen MR) is 108 cm³/mol. The molecule has 4 rings (SSSR count). The van der Waals surface area contributed by atoms with E-state index in [9.17, 15) is 4.79 Å². The van der Waals surface area contributed by atoms with Crippen molar-refractivity contribution in [3.05, 3.63) is 48.2 Å². The lowest BCUT2D eigenvalue weighted by Crippen LogP contribution is -2.38. The molecule has 1 aromatic carbocycles. The number of ether oxygens (including phenoxy) is 1. The third-order valence-electron chi connectivity index (χ3n) is 5.48. The molecule has 2 saturated heterocycles. The van der Waals surface area contributed by atoms with Crippen molar-refractivity contribution in [3.8, 4) is 0 Å². The first-order valence-electron chi connectivity index (χ1n) is 10.0. The molecule has 2 fully saturated rings. The maximum absolute atomic E-state index is 12.6. The summed E-state index contributed by atoms with van der Waals surface area (Å²) in [6, 6.07) is 12.1. The van der Waals surface area contributed by atoms with Gasteiger partial charge in [0.25, 0.3) is 0 Å². The fourth-order valence-corrected chi connectivity index (χ4v) is 3.79. The van der Waals surface area contributed by atoms with Gasteiger partial charge in [0.05, 0.1) is 13.2 Å². The van der Waals surface area contributed by atoms with Crippen molar-refractivity contribution in [2.45, 2.75) is 19.4 Å². The number of benzene rings is 1. The number of aromatic nitrogens is 2. The minimum atomic E-state index is 0.0425. The highest BCUT2D eigenvalue weighted by Crippen LogP contribution is 2.23. The highest BCUT2D eigenvalue weighted by Gasteiger charge is 2.25. The Labute approximate surface area is 165 Å². The largest absolute Gasteiger partial charge is 0.379 e. The van der Waals surface area contributed by atoms with Crippen molar-refractivity contribution < 1.29 is 9.53 Å². The number of nitrogens with zero attached hydrogens (tertiary/aromatic N) is 4.